The normalized spacial score (nSPS) is 16.5. The van der Waals surface area contributed by atoms with E-state index in [4.69, 9.17) is 0 Å². The van der Waals surface area contributed by atoms with Gasteiger partial charge in [-0.05, 0) is 37.3 Å². The van der Waals surface area contributed by atoms with Crippen LogP contribution in [0, 0.1) is 18.7 Å². The molecular formula is C19H24F2N4O. The average molecular weight is 362 g/mol. The Hall–Kier alpha value is -2.44. The molecule has 1 aliphatic rings. The predicted molar refractivity (Wildman–Crippen MR) is 94.9 cm³/mol. The summed E-state index contributed by atoms with van der Waals surface area (Å²) in [4.78, 5) is 13.9. The van der Waals surface area contributed by atoms with Gasteiger partial charge < -0.3 is 10.2 Å². The SMILES string of the molecule is Cc1cnn(CCNC(=O)N2CCC(C(F)c3ccccc3F)CC2)c1. The third kappa shape index (κ3) is 4.39. The van der Waals surface area contributed by atoms with Crippen molar-refractivity contribution in [2.75, 3.05) is 19.6 Å². The number of amides is 2. The molecule has 0 spiro atoms. The van der Waals surface area contributed by atoms with Crippen LogP contribution in [0.15, 0.2) is 36.7 Å². The zero-order chi connectivity index (χ0) is 18.5. The third-order valence-corrected chi connectivity index (χ3v) is 4.82. The number of carbonyl (C=O) groups is 1. The van der Waals surface area contributed by atoms with Gasteiger partial charge in [-0.3, -0.25) is 4.68 Å². The third-order valence-electron chi connectivity index (χ3n) is 4.82. The van der Waals surface area contributed by atoms with Gasteiger partial charge in [-0.25, -0.2) is 13.6 Å². The van der Waals surface area contributed by atoms with Gasteiger partial charge in [-0.15, -0.1) is 0 Å². The molecule has 7 heteroatoms. The Balaban J connectivity index is 1.44. The van der Waals surface area contributed by atoms with Crippen molar-refractivity contribution < 1.29 is 13.6 Å². The zero-order valence-electron chi connectivity index (χ0n) is 14.9. The van der Waals surface area contributed by atoms with Crippen molar-refractivity contribution in [3.63, 3.8) is 0 Å². The molecular weight excluding hydrogens is 338 g/mol. The second-order valence-electron chi connectivity index (χ2n) is 6.76. The van der Waals surface area contributed by atoms with E-state index in [0.29, 0.717) is 39.0 Å². The number of piperidine rings is 1. The van der Waals surface area contributed by atoms with Gasteiger partial charge in [-0.1, -0.05) is 18.2 Å². The average Bonchev–Trinajstić information content (AvgIpc) is 3.07. The Morgan fingerprint density at radius 3 is 2.73 bits per heavy atom. The van der Waals surface area contributed by atoms with Gasteiger partial charge in [0.25, 0.3) is 0 Å². The number of carbonyl (C=O) groups excluding carboxylic acids is 1. The maximum absolute atomic E-state index is 14.6. The number of rotatable bonds is 5. The van der Waals surface area contributed by atoms with E-state index < -0.39 is 12.0 Å². The van der Waals surface area contributed by atoms with Gasteiger partial charge >= 0.3 is 6.03 Å². The maximum atomic E-state index is 14.6. The van der Waals surface area contributed by atoms with Gasteiger partial charge in [0.15, 0.2) is 0 Å². The number of benzene rings is 1. The Labute approximate surface area is 152 Å². The molecule has 1 N–H and O–H groups in total. The summed E-state index contributed by atoms with van der Waals surface area (Å²) in [6, 6.07) is 5.84. The molecule has 1 aromatic carbocycles. The van der Waals surface area contributed by atoms with Gasteiger partial charge in [0.1, 0.15) is 12.0 Å². The van der Waals surface area contributed by atoms with E-state index in [-0.39, 0.29) is 17.5 Å². The quantitative estimate of drug-likeness (QED) is 0.886. The number of halogens is 2. The van der Waals surface area contributed by atoms with Crippen molar-refractivity contribution in [1.82, 2.24) is 20.0 Å². The number of alkyl halides is 1. The second-order valence-corrected chi connectivity index (χ2v) is 6.76. The molecule has 26 heavy (non-hydrogen) atoms. The fraction of sp³-hybridized carbons (Fsp3) is 0.474. The highest BCUT2D eigenvalue weighted by Crippen LogP contribution is 2.34. The molecule has 2 amide bonds. The Bertz CT molecular complexity index is 741. The number of hydrogen-bond acceptors (Lipinski definition) is 2. The lowest BCUT2D eigenvalue weighted by atomic mass is 9.88. The number of hydrogen-bond donors (Lipinski definition) is 1. The van der Waals surface area contributed by atoms with E-state index in [9.17, 15) is 13.6 Å². The number of likely N-dealkylation sites (tertiary alicyclic amines) is 1. The summed E-state index contributed by atoms with van der Waals surface area (Å²) in [5, 5.41) is 7.04. The number of urea groups is 1. The first kappa shape index (κ1) is 18.4. The summed E-state index contributed by atoms with van der Waals surface area (Å²) in [7, 11) is 0. The highest BCUT2D eigenvalue weighted by Gasteiger charge is 2.30. The topological polar surface area (TPSA) is 50.2 Å². The standard InChI is InChI=1S/C19H24F2N4O/c1-14-12-23-25(13-14)11-8-22-19(26)24-9-6-15(7-10-24)18(21)16-4-2-3-5-17(16)20/h2-5,12-13,15,18H,6-11H2,1H3,(H,22,26). The first-order chi connectivity index (χ1) is 12.5. The van der Waals surface area contributed by atoms with Crippen molar-refractivity contribution in [2.45, 2.75) is 32.5 Å². The molecule has 2 aromatic rings. The highest BCUT2D eigenvalue weighted by atomic mass is 19.1. The van der Waals surface area contributed by atoms with Crippen LogP contribution < -0.4 is 5.32 Å². The fourth-order valence-corrected chi connectivity index (χ4v) is 3.33. The molecule has 1 saturated heterocycles. The number of nitrogens with one attached hydrogen (secondary N) is 1. The summed E-state index contributed by atoms with van der Waals surface area (Å²) >= 11 is 0. The zero-order valence-corrected chi connectivity index (χ0v) is 14.9. The van der Waals surface area contributed by atoms with Crippen LogP contribution in [-0.4, -0.2) is 40.3 Å². The molecule has 1 fully saturated rings. The lowest BCUT2D eigenvalue weighted by Gasteiger charge is -2.33. The summed E-state index contributed by atoms with van der Waals surface area (Å²) in [6.07, 6.45) is 3.42. The minimum Gasteiger partial charge on any atom is -0.336 e. The summed E-state index contributed by atoms with van der Waals surface area (Å²) in [5.74, 6) is -0.767. The Kier molecular flexibility index (Phi) is 5.85. The molecule has 1 atom stereocenters. The molecule has 2 heterocycles. The van der Waals surface area contributed by atoms with Crippen molar-refractivity contribution in [3.05, 3.63) is 53.6 Å². The summed E-state index contributed by atoms with van der Waals surface area (Å²) < 4.78 is 30.2. The smallest absolute Gasteiger partial charge is 0.317 e. The van der Waals surface area contributed by atoms with E-state index in [1.54, 1.807) is 27.9 Å². The Morgan fingerprint density at radius 2 is 2.08 bits per heavy atom. The molecule has 0 saturated carbocycles. The first-order valence-electron chi connectivity index (χ1n) is 8.95. The van der Waals surface area contributed by atoms with Crippen molar-refractivity contribution >= 4 is 6.03 Å². The number of nitrogens with zero attached hydrogens (tertiary/aromatic N) is 3. The lowest BCUT2D eigenvalue weighted by Crippen LogP contribution is -2.45. The highest BCUT2D eigenvalue weighted by molar-refractivity contribution is 5.74. The van der Waals surface area contributed by atoms with Crippen molar-refractivity contribution in [3.8, 4) is 0 Å². The minimum absolute atomic E-state index is 0.116. The van der Waals surface area contributed by atoms with E-state index in [2.05, 4.69) is 10.4 Å². The van der Waals surface area contributed by atoms with Gasteiger partial charge in [0.05, 0.1) is 12.7 Å². The fourth-order valence-electron chi connectivity index (χ4n) is 3.33. The maximum Gasteiger partial charge on any atom is 0.317 e. The van der Waals surface area contributed by atoms with Crippen molar-refractivity contribution in [1.29, 1.82) is 0 Å². The van der Waals surface area contributed by atoms with Crippen molar-refractivity contribution in [2.24, 2.45) is 5.92 Å². The molecule has 0 aliphatic carbocycles. The first-order valence-corrected chi connectivity index (χ1v) is 8.95. The van der Waals surface area contributed by atoms with E-state index in [1.807, 2.05) is 13.1 Å². The van der Waals surface area contributed by atoms with E-state index in [1.165, 1.54) is 12.1 Å². The second kappa shape index (κ2) is 8.29. The molecule has 1 unspecified atom stereocenters. The van der Waals surface area contributed by atoms with Crippen LogP contribution in [0.5, 0.6) is 0 Å². The molecule has 0 radical (unpaired) electrons. The predicted octanol–water partition coefficient (Wildman–Crippen LogP) is 3.46. The number of aryl methyl sites for hydroxylation is 1. The molecule has 1 aliphatic heterocycles. The minimum atomic E-state index is -1.33. The van der Waals surface area contributed by atoms with Gasteiger partial charge in [0, 0.05) is 31.4 Å². The molecule has 0 bridgehead atoms. The largest absolute Gasteiger partial charge is 0.336 e. The van der Waals surface area contributed by atoms with Crippen LogP contribution in [0.3, 0.4) is 0 Å². The van der Waals surface area contributed by atoms with E-state index in [0.717, 1.165) is 5.56 Å². The molecule has 3 rings (SSSR count). The molecule has 1 aromatic heterocycles. The van der Waals surface area contributed by atoms with Crippen LogP contribution >= 0.6 is 0 Å². The monoisotopic (exact) mass is 362 g/mol. The van der Waals surface area contributed by atoms with Crippen LogP contribution in [0.2, 0.25) is 0 Å². The molecule has 140 valence electrons. The summed E-state index contributed by atoms with van der Waals surface area (Å²) in [6.45, 7) is 4.01. The molecule has 5 nitrogen and oxygen atoms in total. The Morgan fingerprint density at radius 1 is 1.35 bits per heavy atom. The van der Waals surface area contributed by atoms with Gasteiger partial charge in [0.2, 0.25) is 0 Å². The van der Waals surface area contributed by atoms with E-state index >= 15 is 0 Å². The van der Waals surface area contributed by atoms with Crippen LogP contribution in [0.4, 0.5) is 13.6 Å². The lowest BCUT2D eigenvalue weighted by molar-refractivity contribution is 0.126. The summed E-state index contributed by atoms with van der Waals surface area (Å²) in [5.41, 5.74) is 1.19. The van der Waals surface area contributed by atoms with Crippen LogP contribution in [-0.2, 0) is 6.54 Å². The van der Waals surface area contributed by atoms with Gasteiger partial charge in [-0.2, -0.15) is 5.10 Å². The van der Waals surface area contributed by atoms with Crippen LogP contribution in [0.25, 0.3) is 0 Å². The van der Waals surface area contributed by atoms with Crippen LogP contribution in [0.1, 0.15) is 30.1 Å². The number of aromatic nitrogens is 2.